The normalized spacial score (nSPS) is 28.1. The van der Waals surface area contributed by atoms with Crippen LogP contribution in [0.3, 0.4) is 0 Å². The average Bonchev–Trinajstić information content (AvgIpc) is 2.30. The Morgan fingerprint density at radius 1 is 1.17 bits per heavy atom. The number of Topliss-reactive ketones (excluding diaryl/α,β-unsaturated/α-hetero) is 1. The Labute approximate surface area is 108 Å². The highest BCUT2D eigenvalue weighted by atomic mass is 19.1. The summed E-state index contributed by atoms with van der Waals surface area (Å²) in [4.78, 5) is 12.5. The maximum absolute atomic E-state index is 13.3. The van der Waals surface area contributed by atoms with Crippen LogP contribution in [0, 0.1) is 30.5 Å². The molecule has 18 heavy (non-hydrogen) atoms. The van der Waals surface area contributed by atoms with Crippen LogP contribution in [0.15, 0.2) is 18.2 Å². The van der Waals surface area contributed by atoms with Crippen LogP contribution in [0.2, 0.25) is 0 Å². The van der Waals surface area contributed by atoms with Gasteiger partial charge in [-0.3, -0.25) is 4.79 Å². The molecule has 0 spiro atoms. The van der Waals surface area contributed by atoms with E-state index in [4.69, 9.17) is 0 Å². The second-order valence-corrected chi connectivity index (χ2v) is 5.94. The van der Waals surface area contributed by atoms with Gasteiger partial charge in [0.2, 0.25) is 0 Å². The monoisotopic (exact) mass is 248 g/mol. The van der Waals surface area contributed by atoms with E-state index in [-0.39, 0.29) is 17.5 Å². The quantitative estimate of drug-likeness (QED) is 0.709. The maximum atomic E-state index is 13.3. The van der Waals surface area contributed by atoms with Gasteiger partial charge in [0, 0.05) is 11.5 Å². The molecule has 1 nitrogen and oxygen atoms in total. The number of rotatable bonds is 2. The summed E-state index contributed by atoms with van der Waals surface area (Å²) in [7, 11) is 0. The summed E-state index contributed by atoms with van der Waals surface area (Å²) in [5, 5.41) is 0. The van der Waals surface area contributed by atoms with Gasteiger partial charge in [-0.25, -0.2) is 4.39 Å². The number of aryl methyl sites for hydroxylation is 1. The van der Waals surface area contributed by atoms with Gasteiger partial charge >= 0.3 is 0 Å². The van der Waals surface area contributed by atoms with E-state index < -0.39 is 0 Å². The van der Waals surface area contributed by atoms with E-state index in [1.807, 2.05) is 6.92 Å². The number of hydrogen-bond donors (Lipinski definition) is 0. The second kappa shape index (κ2) is 5.21. The fourth-order valence-corrected chi connectivity index (χ4v) is 3.24. The van der Waals surface area contributed by atoms with Crippen LogP contribution < -0.4 is 0 Å². The Morgan fingerprint density at radius 3 is 2.39 bits per heavy atom. The Bertz CT molecular complexity index is 442. The van der Waals surface area contributed by atoms with Crippen LogP contribution in [0.5, 0.6) is 0 Å². The van der Waals surface area contributed by atoms with Crippen molar-refractivity contribution in [2.45, 2.75) is 40.0 Å². The Balaban J connectivity index is 2.22. The molecule has 1 aromatic carbocycles. The first kappa shape index (κ1) is 13.3. The molecular formula is C16H21FO. The molecule has 2 heteroatoms. The van der Waals surface area contributed by atoms with E-state index in [0.717, 1.165) is 18.4 Å². The van der Waals surface area contributed by atoms with Gasteiger partial charge in [-0.15, -0.1) is 0 Å². The highest BCUT2D eigenvalue weighted by Crippen LogP contribution is 2.35. The van der Waals surface area contributed by atoms with E-state index in [1.165, 1.54) is 18.6 Å². The fraction of sp³-hybridized carbons (Fsp3) is 0.562. The third kappa shape index (κ3) is 2.80. The van der Waals surface area contributed by atoms with E-state index in [0.29, 0.717) is 17.4 Å². The largest absolute Gasteiger partial charge is 0.294 e. The van der Waals surface area contributed by atoms with E-state index in [9.17, 15) is 9.18 Å². The van der Waals surface area contributed by atoms with Gasteiger partial charge in [-0.2, -0.15) is 0 Å². The summed E-state index contributed by atoms with van der Waals surface area (Å²) in [6.07, 6.45) is 3.09. The number of halogens is 1. The van der Waals surface area contributed by atoms with E-state index >= 15 is 0 Å². The molecule has 0 aliphatic heterocycles. The van der Waals surface area contributed by atoms with Crippen LogP contribution in [-0.4, -0.2) is 5.78 Å². The van der Waals surface area contributed by atoms with Crippen LogP contribution >= 0.6 is 0 Å². The lowest BCUT2D eigenvalue weighted by atomic mass is 9.73. The molecular weight excluding hydrogens is 227 g/mol. The third-order valence-corrected chi connectivity index (χ3v) is 4.01. The highest BCUT2D eigenvalue weighted by molar-refractivity contribution is 5.99. The third-order valence-electron chi connectivity index (χ3n) is 4.01. The number of carbonyl (C=O) groups is 1. The van der Waals surface area contributed by atoms with Crippen molar-refractivity contribution in [1.82, 2.24) is 0 Å². The average molecular weight is 248 g/mol. The molecule has 1 aliphatic rings. The lowest BCUT2D eigenvalue weighted by Gasteiger charge is -2.30. The Kier molecular flexibility index (Phi) is 3.84. The first-order chi connectivity index (χ1) is 8.47. The molecule has 2 atom stereocenters. The van der Waals surface area contributed by atoms with Gasteiger partial charge in [0.25, 0.3) is 0 Å². The summed E-state index contributed by atoms with van der Waals surface area (Å²) in [6.45, 7) is 6.28. The van der Waals surface area contributed by atoms with Gasteiger partial charge in [0.05, 0.1) is 0 Å². The van der Waals surface area contributed by atoms with Crippen molar-refractivity contribution in [1.29, 1.82) is 0 Å². The zero-order valence-corrected chi connectivity index (χ0v) is 11.4. The molecule has 0 bridgehead atoms. The zero-order chi connectivity index (χ0) is 13.3. The lowest BCUT2D eigenvalue weighted by Crippen LogP contribution is -2.26. The fourth-order valence-electron chi connectivity index (χ4n) is 3.24. The molecule has 2 unspecified atom stereocenters. The smallest absolute Gasteiger partial charge is 0.166 e. The first-order valence-corrected chi connectivity index (χ1v) is 6.77. The molecule has 98 valence electrons. The SMILES string of the molecule is Cc1ccc(F)cc1C(=O)C1CC(C)CC(C)C1. The highest BCUT2D eigenvalue weighted by Gasteiger charge is 2.30. The summed E-state index contributed by atoms with van der Waals surface area (Å²) < 4.78 is 13.3. The summed E-state index contributed by atoms with van der Waals surface area (Å²) in [6, 6.07) is 4.50. The number of hydrogen-bond acceptors (Lipinski definition) is 1. The minimum atomic E-state index is -0.319. The van der Waals surface area contributed by atoms with Crippen molar-refractivity contribution in [2.75, 3.05) is 0 Å². The van der Waals surface area contributed by atoms with Crippen LogP contribution in [-0.2, 0) is 0 Å². The lowest BCUT2D eigenvalue weighted by molar-refractivity contribution is 0.0835. The first-order valence-electron chi connectivity index (χ1n) is 6.77. The molecule has 2 rings (SSSR count). The van der Waals surface area contributed by atoms with Crippen LogP contribution in [0.1, 0.15) is 49.0 Å². The van der Waals surface area contributed by atoms with Crippen molar-refractivity contribution in [3.63, 3.8) is 0 Å². The molecule has 1 aliphatic carbocycles. The molecule has 0 aromatic heterocycles. The standard InChI is InChI=1S/C16H21FO/c1-10-6-11(2)8-13(7-10)16(18)15-9-14(17)5-4-12(15)3/h4-5,9-11,13H,6-8H2,1-3H3. The van der Waals surface area contributed by atoms with E-state index in [1.54, 1.807) is 6.07 Å². The molecule has 1 saturated carbocycles. The molecule has 0 saturated heterocycles. The van der Waals surface area contributed by atoms with Gasteiger partial charge in [0.15, 0.2) is 5.78 Å². The summed E-state index contributed by atoms with van der Waals surface area (Å²) in [5.74, 6) is 1.07. The Morgan fingerprint density at radius 2 is 1.78 bits per heavy atom. The number of ketones is 1. The van der Waals surface area contributed by atoms with Crippen LogP contribution in [0.4, 0.5) is 4.39 Å². The maximum Gasteiger partial charge on any atom is 0.166 e. The molecule has 0 heterocycles. The van der Waals surface area contributed by atoms with Gasteiger partial charge in [-0.05, 0) is 55.7 Å². The zero-order valence-electron chi connectivity index (χ0n) is 11.4. The van der Waals surface area contributed by atoms with Crippen molar-refractivity contribution in [3.05, 3.63) is 35.1 Å². The molecule has 1 aromatic rings. The van der Waals surface area contributed by atoms with Crippen molar-refractivity contribution in [3.8, 4) is 0 Å². The minimum absolute atomic E-state index is 0.0734. The minimum Gasteiger partial charge on any atom is -0.294 e. The molecule has 0 N–H and O–H groups in total. The van der Waals surface area contributed by atoms with Crippen molar-refractivity contribution >= 4 is 5.78 Å². The summed E-state index contributed by atoms with van der Waals surface area (Å²) in [5.41, 5.74) is 1.45. The number of benzene rings is 1. The Hall–Kier alpha value is -1.18. The van der Waals surface area contributed by atoms with Gasteiger partial charge in [0.1, 0.15) is 5.82 Å². The van der Waals surface area contributed by atoms with Crippen molar-refractivity contribution < 1.29 is 9.18 Å². The van der Waals surface area contributed by atoms with Gasteiger partial charge in [-0.1, -0.05) is 19.9 Å². The summed E-state index contributed by atoms with van der Waals surface area (Å²) >= 11 is 0. The van der Waals surface area contributed by atoms with Gasteiger partial charge < -0.3 is 0 Å². The van der Waals surface area contributed by atoms with Crippen molar-refractivity contribution in [2.24, 2.45) is 17.8 Å². The predicted octanol–water partition coefficient (Wildman–Crippen LogP) is 4.39. The molecule has 1 fully saturated rings. The number of carbonyl (C=O) groups excluding carboxylic acids is 1. The molecule has 0 radical (unpaired) electrons. The topological polar surface area (TPSA) is 17.1 Å². The molecule has 0 amide bonds. The second-order valence-electron chi connectivity index (χ2n) is 5.94. The van der Waals surface area contributed by atoms with E-state index in [2.05, 4.69) is 13.8 Å². The predicted molar refractivity (Wildman–Crippen MR) is 71.1 cm³/mol. The van der Waals surface area contributed by atoms with Crippen LogP contribution in [0.25, 0.3) is 0 Å².